The zero-order chi connectivity index (χ0) is 22.3. The summed E-state index contributed by atoms with van der Waals surface area (Å²) in [6.07, 6.45) is 0.384. The van der Waals surface area contributed by atoms with E-state index >= 15 is 0 Å². The van der Waals surface area contributed by atoms with Crippen LogP contribution in [0.4, 0.5) is 4.39 Å². The Hall–Kier alpha value is -2.31. The van der Waals surface area contributed by atoms with Crippen LogP contribution in [0.1, 0.15) is 32.8 Å². The molecule has 162 valence electrons. The molecular formula is C22H25Cl2FN2O3. The summed E-state index contributed by atoms with van der Waals surface area (Å²) >= 11 is 12.2. The molecule has 30 heavy (non-hydrogen) atoms. The first-order chi connectivity index (χ1) is 14.2. The van der Waals surface area contributed by atoms with Gasteiger partial charge in [-0.2, -0.15) is 0 Å². The Balaban J connectivity index is 2.27. The minimum absolute atomic E-state index is 0.0324. The first-order valence-corrected chi connectivity index (χ1v) is 10.4. The van der Waals surface area contributed by atoms with Crippen LogP contribution >= 0.6 is 23.2 Å². The summed E-state index contributed by atoms with van der Waals surface area (Å²) in [5, 5.41) is 3.68. The van der Waals surface area contributed by atoms with E-state index in [1.807, 2.05) is 20.8 Å². The molecule has 0 spiro atoms. The highest BCUT2D eigenvalue weighted by atomic mass is 35.5. The molecule has 5 nitrogen and oxygen atoms in total. The first kappa shape index (κ1) is 24.0. The van der Waals surface area contributed by atoms with Gasteiger partial charge in [-0.05, 0) is 50.1 Å². The van der Waals surface area contributed by atoms with E-state index in [0.717, 1.165) is 0 Å². The molecule has 2 amide bonds. The van der Waals surface area contributed by atoms with Gasteiger partial charge in [0.1, 0.15) is 6.04 Å². The van der Waals surface area contributed by atoms with E-state index in [1.165, 1.54) is 23.1 Å². The molecule has 0 aliphatic carbocycles. The zero-order valence-corrected chi connectivity index (χ0v) is 18.6. The molecule has 0 aliphatic rings. The normalized spacial score (nSPS) is 11.8. The predicted octanol–water partition coefficient (Wildman–Crippen LogP) is 4.84. The fraction of sp³-hybridized carbons (Fsp3) is 0.364. The van der Waals surface area contributed by atoms with E-state index < -0.39 is 24.4 Å². The van der Waals surface area contributed by atoms with Crippen LogP contribution in [0.5, 0.6) is 5.75 Å². The quantitative estimate of drug-likeness (QED) is 0.589. The maximum absolute atomic E-state index is 13.8. The molecule has 0 fully saturated rings. The summed E-state index contributed by atoms with van der Waals surface area (Å²) < 4.78 is 19.2. The Morgan fingerprint density at radius 3 is 2.47 bits per heavy atom. The van der Waals surface area contributed by atoms with E-state index in [2.05, 4.69) is 5.32 Å². The monoisotopic (exact) mass is 454 g/mol. The molecule has 1 N–H and O–H groups in total. The number of carbonyl (C=O) groups excluding carboxylic acids is 2. The van der Waals surface area contributed by atoms with Crippen molar-refractivity contribution in [3.63, 3.8) is 0 Å². The third-order valence-electron chi connectivity index (χ3n) is 4.36. The van der Waals surface area contributed by atoms with Gasteiger partial charge in [-0.3, -0.25) is 9.59 Å². The fourth-order valence-electron chi connectivity index (χ4n) is 2.92. The average Bonchev–Trinajstić information content (AvgIpc) is 2.68. The molecule has 2 aromatic rings. The third-order valence-corrected chi connectivity index (χ3v) is 4.95. The smallest absolute Gasteiger partial charge is 0.261 e. The van der Waals surface area contributed by atoms with Gasteiger partial charge in [0.2, 0.25) is 5.91 Å². The van der Waals surface area contributed by atoms with E-state index in [9.17, 15) is 14.0 Å². The zero-order valence-electron chi connectivity index (χ0n) is 17.1. The number of rotatable bonds is 9. The number of benzene rings is 2. The first-order valence-electron chi connectivity index (χ1n) is 9.64. The number of nitrogens with zero attached hydrogens (tertiary/aromatic N) is 1. The van der Waals surface area contributed by atoms with Crippen molar-refractivity contribution in [1.29, 1.82) is 0 Å². The van der Waals surface area contributed by atoms with Crippen LogP contribution < -0.4 is 10.1 Å². The highest BCUT2D eigenvalue weighted by Gasteiger charge is 2.30. The van der Waals surface area contributed by atoms with Gasteiger partial charge in [0.15, 0.2) is 18.2 Å². The number of ether oxygens (including phenoxy) is 1. The number of hydrogen-bond donors (Lipinski definition) is 1. The highest BCUT2D eigenvalue weighted by molar-refractivity contribution is 6.35. The summed E-state index contributed by atoms with van der Waals surface area (Å²) in [7, 11) is 0. The van der Waals surface area contributed by atoms with Crippen molar-refractivity contribution >= 4 is 35.0 Å². The molecule has 0 radical (unpaired) electrons. The summed E-state index contributed by atoms with van der Waals surface area (Å²) in [5.74, 6) is -1.34. The van der Waals surface area contributed by atoms with Gasteiger partial charge >= 0.3 is 0 Å². The summed E-state index contributed by atoms with van der Waals surface area (Å²) in [6, 6.07) is 9.94. The maximum atomic E-state index is 13.8. The summed E-state index contributed by atoms with van der Waals surface area (Å²) in [6.45, 7) is 5.16. The van der Waals surface area contributed by atoms with Gasteiger partial charge in [-0.1, -0.05) is 48.3 Å². The molecule has 0 bridgehead atoms. The molecule has 2 rings (SSSR count). The van der Waals surface area contributed by atoms with Crippen molar-refractivity contribution in [2.45, 2.75) is 45.8 Å². The van der Waals surface area contributed by atoms with Gasteiger partial charge in [0.05, 0.1) is 0 Å². The average molecular weight is 455 g/mol. The second kappa shape index (κ2) is 11.2. The highest BCUT2D eigenvalue weighted by Crippen LogP contribution is 2.24. The number of nitrogens with one attached hydrogen (secondary N) is 1. The topological polar surface area (TPSA) is 58.6 Å². The number of halogens is 3. The number of amides is 2. The Morgan fingerprint density at radius 1 is 1.17 bits per heavy atom. The minimum Gasteiger partial charge on any atom is -0.481 e. The van der Waals surface area contributed by atoms with Crippen LogP contribution in [0.2, 0.25) is 10.0 Å². The Bertz CT molecular complexity index is 892. The molecule has 2 aromatic carbocycles. The number of carbonyl (C=O) groups is 2. The molecule has 8 heteroatoms. The lowest BCUT2D eigenvalue weighted by atomic mass is 10.1. The van der Waals surface area contributed by atoms with Crippen molar-refractivity contribution in [1.82, 2.24) is 10.2 Å². The minimum atomic E-state index is -0.740. The van der Waals surface area contributed by atoms with E-state index in [1.54, 1.807) is 24.3 Å². The lowest BCUT2D eigenvalue weighted by Gasteiger charge is -2.31. The van der Waals surface area contributed by atoms with Crippen molar-refractivity contribution in [3.05, 3.63) is 63.9 Å². The van der Waals surface area contributed by atoms with E-state index in [0.29, 0.717) is 22.0 Å². The van der Waals surface area contributed by atoms with Gasteiger partial charge in [0.25, 0.3) is 5.91 Å². The van der Waals surface area contributed by atoms with Crippen LogP contribution in [0.3, 0.4) is 0 Å². The summed E-state index contributed by atoms with van der Waals surface area (Å²) in [4.78, 5) is 27.2. The lowest BCUT2D eigenvalue weighted by Crippen LogP contribution is -2.51. The summed E-state index contributed by atoms with van der Waals surface area (Å²) in [5.41, 5.74) is 0.635. The van der Waals surface area contributed by atoms with Crippen molar-refractivity contribution < 1.29 is 18.7 Å². The van der Waals surface area contributed by atoms with Gasteiger partial charge < -0.3 is 15.0 Å². The van der Waals surface area contributed by atoms with Crippen LogP contribution in [-0.4, -0.2) is 35.4 Å². The SMILES string of the molecule is CC[C@H](C(=O)NC(C)C)N(Cc1ccc(Cl)cc1Cl)C(=O)COc1ccccc1F. The van der Waals surface area contributed by atoms with Gasteiger partial charge in [0, 0.05) is 22.6 Å². The van der Waals surface area contributed by atoms with Crippen LogP contribution in [0.25, 0.3) is 0 Å². The largest absolute Gasteiger partial charge is 0.481 e. The van der Waals surface area contributed by atoms with E-state index in [4.69, 9.17) is 27.9 Å². The second-order valence-electron chi connectivity index (χ2n) is 7.06. The third kappa shape index (κ3) is 6.61. The second-order valence-corrected chi connectivity index (χ2v) is 7.91. The van der Waals surface area contributed by atoms with Gasteiger partial charge in [-0.25, -0.2) is 4.39 Å². The predicted molar refractivity (Wildman–Crippen MR) is 116 cm³/mol. The lowest BCUT2D eigenvalue weighted by molar-refractivity contribution is -0.143. The van der Waals surface area contributed by atoms with Crippen LogP contribution in [0, 0.1) is 5.82 Å². The molecular weight excluding hydrogens is 430 g/mol. The molecule has 0 aliphatic heterocycles. The number of para-hydroxylation sites is 1. The van der Waals surface area contributed by atoms with Crippen molar-refractivity contribution in [2.75, 3.05) is 6.61 Å². The Morgan fingerprint density at radius 2 is 1.87 bits per heavy atom. The Labute approximate surface area is 186 Å². The molecule has 0 aromatic heterocycles. The Kier molecular flexibility index (Phi) is 8.93. The standard InChI is InChI=1S/C22H25Cl2FN2O3/c1-4-19(22(29)26-14(2)3)27(12-15-9-10-16(23)11-17(15)24)21(28)13-30-20-8-6-5-7-18(20)25/h5-11,14,19H,4,12-13H2,1-3H3,(H,26,29)/t19-/m1/s1. The van der Waals surface area contributed by atoms with Gasteiger partial charge in [-0.15, -0.1) is 0 Å². The van der Waals surface area contributed by atoms with Crippen LogP contribution in [-0.2, 0) is 16.1 Å². The molecule has 0 saturated heterocycles. The maximum Gasteiger partial charge on any atom is 0.261 e. The van der Waals surface area contributed by atoms with Crippen LogP contribution in [0.15, 0.2) is 42.5 Å². The molecule has 1 atom stereocenters. The fourth-order valence-corrected chi connectivity index (χ4v) is 3.39. The van der Waals surface area contributed by atoms with Crippen molar-refractivity contribution in [2.24, 2.45) is 0 Å². The van der Waals surface area contributed by atoms with E-state index in [-0.39, 0.29) is 24.2 Å². The number of hydrogen-bond acceptors (Lipinski definition) is 3. The molecule has 0 unspecified atom stereocenters. The molecule has 0 heterocycles. The van der Waals surface area contributed by atoms with Crippen molar-refractivity contribution in [3.8, 4) is 5.75 Å². The molecule has 0 saturated carbocycles.